The fourth-order valence-corrected chi connectivity index (χ4v) is 23.5. The second-order valence-electron chi connectivity index (χ2n) is 30.4. The molecule has 7 heteroatoms. The summed E-state index contributed by atoms with van der Waals surface area (Å²) in [5, 5.41) is 45.5. The Morgan fingerprint density at radius 3 is 2.44 bits per heavy atom. The molecule has 2 spiro atoms. The monoisotopic (exact) mass is 1130 g/mol. The molecule has 0 saturated heterocycles. The van der Waals surface area contributed by atoms with Crippen LogP contribution >= 0.6 is 0 Å². The molecule has 440 valence electrons. The molecule has 0 aromatic heterocycles. The smallest absolute Gasteiger partial charge is 0.331 e. The normalized spacial score (nSPS) is 41.7. The van der Waals surface area contributed by atoms with Crippen molar-refractivity contribution in [2.24, 2.45) is 62.6 Å². The van der Waals surface area contributed by atoms with Crippen LogP contribution in [0, 0.1) is 86.3 Å². The number of carbonyl (C=O) groups excluding carboxylic acids is 2. The van der Waals surface area contributed by atoms with E-state index in [2.05, 4.69) is 129 Å². The predicted octanol–water partition coefficient (Wildman–Crippen LogP) is 14.9. The highest BCUT2D eigenvalue weighted by atomic mass is 16.5. The van der Waals surface area contributed by atoms with Crippen molar-refractivity contribution in [1.82, 2.24) is 0 Å². The zero-order valence-electron chi connectivity index (χ0n) is 50.3. The predicted molar refractivity (Wildman–Crippen MR) is 328 cm³/mol. The average molecular weight is 1130 g/mol. The lowest BCUT2D eigenvalue weighted by atomic mass is 9.34. The second-order valence-corrected chi connectivity index (χ2v) is 30.4. The van der Waals surface area contributed by atoms with E-state index in [-0.39, 0.29) is 77.7 Å². The summed E-state index contributed by atoms with van der Waals surface area (Å²) in [4.78, 5) is 27.2. The first-order chi connectivity index (χ1) is 40.7. The number of aliphatic hydroxyl groups excluding tert-OH is 2. The number of rotatable bonds is 13. The molecule has 0 amide bonds. The molecule has 6 fully saturated rings. The first-order valence-corrected chi connectivity index (χ1v) is 33.4. The van der Waals surface area contributed by atoms with Gasteiger partial charge in [0, 0.05) is 42.6 Å². The van der Waals surface area contributed by atoms with Crippen LogP contribution in [0.5, 0.6) is 0 Å². The molecule has 11 aliphatic rings. The Morgan fingerprint density at radius 2 is 1.62 bits per heavy atom. The summed E-state index contributed by atoms with van der Waals surface area (Å²) in [5.74, 6) is 16.4. The van der Waals surface area contributed by atoms with Gasteiger partial charge in [-0.05, 0) is 218 Å². The molecular weight excluding hydrogens is 1040 g/mol. The summed E-state index contributed by atoms with van der Waals surface area (Å²) < 4.78 is 12.5. The number of hydrogen-bond acceptors (Lipinski definition) is 7. The van der Waals surface area contributed by atoms with Crippen molar-refractivity contribution in [3.63, 3.8) is 0 Å². The van der Waals surface area contributed by atoms with E-state index in [0.717, 1.165) is 44.1 Å². The number of aryl methyl sites for hydroxylation is 1. The zero-order chi connectivity index (χ0) is 57.4. The minimum atomic E-state index is -1.78. The number of cyclic esters (lactones) is 1. The molecule has 4 aromatic rings. The van der Waals surface area contributed by atoms with Crippen molar-refractivity contribution in [2.45, 2.75) is 222 Å². The van der Waals surface area contributed by atoms with Gasteiger partial charge in [-0.1, -0.05) is 136 Å². The molecule has 6 bridgehead atoms. The first kappa shape index (κ1) is 55.4. The van der Waals surface area contributed by atoms with E-state index in [1.807, 2.05) is 6.92 Å². The van der Waals surface area contributed by atoms with Gasteiger partial charge in [0.1, 0.15) is 12.7 Å². The average Bonchev–Trinajstić information content (AvgIpc) is 1.20. The minimum Gasteiger partial charge on any atom is -0.462 e. The topological polar surface area (TPSA) is 113 Å². The summed E-state index contributed by atoms with van der Waals surface area (Å²) in [7, 11) is 0. The molecule has 0 unspecified atom stereocenters. The molecule has 7 nitrogen and oxygen atoms in total. The molecule has 15 rings (SSSR count). The number of benzene rings is 4. The standard InChI is InChI=1S/C77H90O7/c1-49(17-14-20-50-18-6-4-7-19-50)29-32-63(78)77-64(79)35-38-72(3,70(77)62-46-71(2,36-12-11-28-65(80)84-62)76(77,82)40-34-52-41-66(81)83-47-52)59-42-60-56-26-16-22-53-30-31-57-58-27-10-13-37-74(58,55-24-8-5-9-25-55)45-61-69(68(57)67(53)56)75(60)44-54(59)23-15-21-51-33-39-73(61,43-51)48-75/h4-9,16,18-19,22,24-26,30-31,41,49,51,54,58-64,69-70,78-79,82H,10-11,13-14,17,20-21,27-29,32-35,37-40,42-48H2,1-3H3/t49-,51+,54+,58-,59-,60+,61-,62-,63+,64+,69-,70+,71+,72+,73+,74+,75-,76-,77+/m1/s1. The SMILES string of the molecule is C[C@H](CCCc1ccccc1)CC[C@H](O)[C@]12[C@@H](O)CC[C@@](C)([C@@H]3C[C@H]4c5cccc6ccc7c(c56)[C@H]5[C@@H](C[C@]6(c8ccccc8)CCCC[C@H]76)[C@]67CC[C@H](CC#C[C@H]3C[C@@]45C6)C7)[C@@H]1[C@H]1C[C@](C)(C#CCCC(=O)O1)[C@]2(O)CCC1=CC(=O)OC1. The van der Waals surface area contributed by atoms with Gasteiger partial charge in [-0.3, -0.25) is 4.79 Å². The van der Waals surface area contributed by atoms with Crippen LogP contribution in [-0.4, -0.2) is 57.8 Å². The highest BCUT2D eigenvalue weighted by molar-refractivity contribution is 5.93. The third-order valence-corrected chi connectivity index (χ3v) is 26.7. The fourth-order valence-electron chi connectivity index (χ4n) is 23.5. The van der Waals surface area contributed by atoms with E-state index >= 15 is 0 Å². The van der Waals surface area contributed by atoms with E-state index in [4.69, 9.17) is 9.47 Å². The number of hydrogen-bond donors (Lipinski definition) is 3. The van der Waals surface area contributed by atoms with Crippen molar-refractivity contribution >= 4 is 22.7 Å². The van der Waals surface area contributed by atoms with Crippen LogP contribution in [0.4, 0.5) is 0 Å². The Labute approximate surface area is 499 Å². The highest BCUT2D eigenvalue weighted by Crippen LogP contribution is 2.82. The summed E-state index contributed by atoms with van der Waals surface area (Å²) >= 11 is 0. The van der Waals surface area contributed by atoms with Gasteiger partial charge in [-0.2, -0.15) is 0 Å². The Hall–Kier alpha value is -5.18. The van der Waals surface area contributed by atoms with E-state index in [9.17, 15) is 24.9 Å². The van der Waals surface area contributed by atoms with E-state index in [1.54, 1.807) is 22.8 Å². The number of fused-ring (bicyclic) bond motifs is 9. The van der Waals surface area contributed by atoms with E-state index in [0.29, 0.717) is 62.2 Å². The molecule has 3 N–H and O–H groups in total. The van der Waals surface area contributed by atoms with Gasteiger partial charge in [0.2, 0.25) is 0 Å². The quantitative estimate of drug-likeness (QED) is 0.0903. The fraction of sp³-hybridized carbons (Fsp3) is 0.610. The van der Waals surface area contributed by atoms with Crippen LogP contribution in [-0.2, 0) is 30.9 Å². The third kappa shape index (κ3) is 8.08. The number of carbonyl (C=O) groups is 2. The van der Waals surface area contributed by atoms with Gasteiger partial charge < -0.3 is 24.8 Å². The van der Waals surface area contributed by atoms with Crippen LogP contribution in [0.25, 0.3) is 10.8 Å². The maximum absolute atomic E-state index is 14.9. The van der Waals surface area contributed by atoms with Gasteiger partial charge >= 0.3 is 11.9 Å². The largest absolute Gasteiger partial charge is 0.462 e. The maximum Gasteiger partial charge on any atom is 0.331 e. The van der Waals surface area contributed by atoms with Crippen LogP contribution in [0.2, 0.25) is 0 Å². The molecule has 6 saturated carbocycles. The third-order valence-electron chi connectivity index (χ3n) is 26.7. The highest BCUT2D eigenvalue weighted by Gasteiger charge is 2.79. The second kappa shape index (κ2) is 20.5. The molecular formula is C77H90O7. The molecule has 0 radical (unpaired) electrons. The van der Waals surface area contributed by atoms with Gasteiger partial charge in [-0.25, -0.2) is 4.79 Å². The zero-order valence-corrected chi connectivity index (χ0v) is 50.3. The Bertz CT molecular complexity index is 3420. The number of ether oxygens (including phenoxy) is 2. The van der Waals surface area contributed by atoms with E-state index in [1.165, 1.54) is 79.7 Å². The van der Waals surface area contributed by atoms with Crippen molar-refractivity contribution in [3.8, 4) is 23.7 Å². The van der Waals surface area contributed by atoms with Gasteiger partial charge in [0.05, 0.1) is 35.1 Å². The van der Waals surface area contributed by atoms with Gasteiger partial charge in [0.25, 0.3) is 0 Å². The number of aliphatic hydroxyl groups is 3. The molecule has 2 heterocycles. The Balaban J connectivity index is 0.900. The van der Waals surface area contributed by atoms with Crippen LogP contribution in [0.1, 0.15) is 214 Å². The Morgan fingerprint density at radius 1 is 0.786 bits per heavy atom. The van der Waals surface area contributed by atoms with Crippen molar-refractivity contribution in [1.29, 1.82) is 0 Å². The summed E-state index contributed by atoms with van der Waals surface area (Å²) in [6.07, 6.45) is 18.9. The number of esters is 2. The van der Waals surface area contributed by atoms with Gasteiger partial charge in [0.15, 0.2) is 0 Å². The summed E-state index contributed by atoms with van der Waals surface area (Å²) in [6, 6.07) is 34.9. The summed E-state index contributed by atoms with van der Waals surface area (Å²) in [6.45, 7) is 6.89. The molecule has 2 aliphatic heterocycles. The van der Waals surface area contributed by atoms with Gasteiger partial charge in [-0.15, -0.1) is 11.8 Å². The molecule has 9 aliphatic carbocycles. The van der Waals surface area contributed by atoms with E-state index < -0.39 is 46.1 Å². The maximum atomic E-state index is 14.9. The van der Waals surface area contributed by atoms with Crippen molar-refractivity contribution in [3.05, 3.63) is 130 Å². The Kier molecular flexibility index (Phi) is 13.5. The van der Waals surface area contributed by atoms with Crippen molar-refractivity contribution < 1.29 is 34.4 Å². The lowest BCUT2D eigenvalue weighted by molar-refractivity contribution is -0.340. The summed E-state index contributed by atoms with van der Waals surface area (Å²) in [5.41, 5.74) is 3.59. The van der Waals surface area contributed by atoms with Crippen LogP contribution < -0.4 is 0 Å². The lowest BCUT2D eigenvalue weighted by Crippen LogP contribution is -2.79. The lowest BCUT2D eigenvalue weighted by Gasteiger charge is -2.72. The van der Waals surface area contributed by atoms with Crippen LogP contribution in [0.3, 0.4) is 0 Å². The molecule has 19 atom stereocenters. The first-order valence-electron chi connectivity index (χ1n) is 33.4. The van der Waals surface area contributed by atoms with Crippen LogP contribution in [0.15, 0.2) is 103 Å². The molecule has 84 heavy (non-hydrogen) atoms. The minimum absolute atomic E-state index is 0.00715. The molecule has 4 aromatic carbocycles. The van der Waals surface area contributed by atoms with Crippen molar-refractivity contribution in [2.75, 3.05) is 6.61 Å².